The maximum absolute atomic E-state index is 6.27. The molecule has 0 N–H and O–H groups in total. The third-order valence-corrected chi connectivity index (χ3v) is 6.86. The van der Waals surface area contributed by atoms with Gasteiger partial charge in [-0.05, 0) is 48.9 Å². The van der Waals surface area contributed by atoms with Crippen LogP contribution >= 0.6 is 23.4 Å². The van der Waals surface area contributed by atoms with Gasteiger partial charge in [0.05, 0.1) is 5.69 Å². The monoisotopic (exact) mass is 408 g/mol. The fourth-order valence-corrected chi connectivity index (χ4v) is 5.69. The molecule has 0 aliphatic carbocycles. The second-order valence-electron chi connectivity index (χ2n) is 7.12. The molecular weight excluding hydrogens is 388 g/mol. The molecule has 4 heterocycles. The Balaban J connectivity index is 1.63. The molecule has 5 rings (SSSR count). The van der Waals surface area contributed by atoms with Crippen molar-refractivity contribution in [1.29, 1.82) is 0 Å². The molecule has 0 unspecified atom stereocenters. The topological polar surface area (TPSA) is 33.4 Å². The summed E-state index contributed by atoms with van der Waals surface area (Å²) in [6.45, 7) is 2.26. The van der Waals surface area contributed by atoms with E-state index in [0.717, 1.165) is 33.7 Å². The second kappa shape index (κ2) is 7.30. The minimum absolute atomic E-state index is 0.00844. The first kappa shape index (κ1) is 17.8. The van der Waals surface area contributed by atoms with Crippen LogP contribution in [0.25, 0.3) is 5.69 Å². The lowest BCUT2D eigenvalue weighted by atomic mass is 9.99. The van der Waals surface area contributed by atoms with E-state index in [4.69, 9.17) is 16.6 Å². The Morgan fingerprint density at radius 3 is 2.86 bits per heavy atom. The molecule has 0 bridgehead atoms. The molecule has 1 fully saturated rings. The maximum atomic E-state index is 6.27. The van der Waals surface area contributed by atoms with Gasteiger partial charge in [0.25, 0.3) is 0 Å². The largest absolute Gasteiger partial charge is 0.337 e. The molecule has 142 valence electrons. The molecule has 28 heavy (non-hydrogen) atoms. The van der Waals surface area contributed by atoms with E-state index in [1.54, 1.807) is 0 Å². The van der Waals surface area contributed by atoms with Gasteiger partial charge in [-0.3, -0.25) is 9.98 Å². The molecule has 1 aromatic carbocycles. The zero-order valence-corrected chi connectivity index (χ0v) is 17.1. The quantitative estimate of drug-likeness (QED) is 0.571. The zero-order chi connectivity index (χ0) is 19.1. The van der Waals surface area contributed by atoms with Crippen molar-refractivity contribution in [1.82, 2.24) is 14.5 Å². The summed E-state index contributed by atoms with van der Waals surface area (Å²) in [6, 6.07) is 19.0. The van der Waals surface area contributed by atoms with Crippen molar-refractivity contribution in [3.05, 3.63) is 83.4 Å². The molecule has 0 saturated carbocycles. The van der Waals surface area contributed by atoms with Crippen LogP contribution in [0.3, 0.4) is 0 Å². The standard InChI is InChI=1S/C22H21ClN4S/c1-2-16-14-28-22-25-20(18-9-3-4-11-24-18)21(27(16)22)19-10-6-12-26(19)17-8-5-7-15(23)13-17/h3-13,16,20-21H,2,14H2,1H3/t16-,20+,21+/m1/s1. The predicted octanol–water partition coefficient (Wildman–Crippen LogP) is 5.51. The molecule has 0 spiro atoms. The van der Waals surface area contributed by atoms with Crippen molar-refractivity contribution < 1.29 is 0 Å². The average Bonchev–Trinajstić information content (AvgIpc) is 3.43. The number of aromatic nitrogens is 2. The normalized spacial score (nSPS) is 23.7. The number of aliphatic imine (C=N–C) groups is 1. The Kier molecular flexibility index (Phi) is 4.65. The smallest absolute Gasteiger partial charge is 0.160 e. The lowest BCUT2D eigenvalue weighted by Crippen LogP contribution is -2.36. The first-order chi connectivity index (χ1) is 13.8. The Morgan fingerprint density at radius 2 is 2.07 bits per heavy atom. The van der Waals surface area contributed by atoms with Crippen molar-refractivity contribution in [2.24, 2.45) is 4.99 Å². The highest BCUT2D eigenvalue weighted by Gasteiger charge is 2.46. The Hall–Kier alpha value is -2.24. The molecule has 3 atom stereocenters. The molecule has 6 heteroatoms. The third-order valence-electron chi connectivity index (χ3n) is 5.50. The average molecular weight is 409 g/mol. The van der Waals surface area contributed by atoms with E-state index >= 15 is 0 Å². The molecule has 3 aromatic rings. The number of amidine groups is 1. The van der Waals surface area contributed by atoms with E-state index in [-0.39, 0.29) is 12.1 Å². The second-order valence-corrected chi connectivity index (χ2v) is 8.54. The number of hydrogen-bond acceptors (Lipinski definition) is 4. The van der Waals surface area contributed by atoms with E-state index in [9.17, 15) is 0 Å². The first-order valence-electron chi connectivity index (χ1n) is 9.59. The lowest BCUT2D eigenvalue weighted by molar-refractivity contribution is 0.249. The molecule has 2 aliphatic rings. The van der Waals surface area contributed by atoms with Crippen LogP contribution in [0.1, 0.15) is 36.8 Å². The molecule has 2 aromatic heterocycles. The van der Waals surface area contributed by atoms with E-state index in [1.165, 1.54) is 5.69 Å². The fourth-order valence-electron chi connectivity index (χ4n) is 4.17. The van der Waals surface area contributed by atoms with E-state index in [2.05, 4.69) is 51.8 Å². The predicted molar refractivity (Wildman–Crippen MR) is 116 cm³/mol. The van der Waals surface area contributed by atoms with Crippen LogP contribution in [0.5, 0.6) is 0 Å². The van der Waals surface area contributed by atoms with Crippen LogP contribution in [0, 0.1) is 0 Å². The van der Waals surface area contributed by atoms with Crippen LogP contribution in [0.4, 0.5) is 0 Å². The zero-order valence-electron chi connectivity index (χ0n) is 15.6. The summed E-state index contributed by atoms with van der Waals surface area (Å²) in [5.41, 5.74) is 3.31. The molecule has 1 saturated heterocycles. The number of benzene rings is 1. The highest BCUT2D eigenvalue weighted by molar-refractivity contribution is 8.14. The summed E-state index contributed by atoms with van der Waals surface area (Å²) in [4.78, 5) is 12.3. The molecule has 0 amide bonds. The number of pyridine rings is 1. The van der Waals surface area contributed by atoms with Gasteiger partial charge in [-0.1, -0.05) is 42.4 Å². The van der Waals surface area contributed by atoms with Gasteiger partial charge in [0, 0.05) is 40.6 Å². The van der Waals surface area contributed by atoms with E-state index < -0.39 is 0 Å². The van der Waals surface area contributed by atoms with Gasteiger partial charge in [-0.2, -0.15) is 0 Å². The van der Waals surface area contributed by atoms with Crippen LogP contribution in [-0.2, 0) is 0 Å². The Morgan fingerprint density at radius 1 is 1.14 bits per heavy atom. The van der Waals surface area contributed by atoms with Crippen molar-refractivity contribution in [2.45, 2.75) is 31.5 Å². The van der Waals surface area contributed by atoms with E-state index in [0.29, 0.717) is 6.04 Å². The van der Waals surface area contributed by atoms with Gasteiger partial charge in [0.15, 0.2) is 5.17 Å². The van der Waals surface area contributed by atoms with Crippen LogP contribution in [-0.4, -0.2) is 31.4 Å². The highest BCUT2D eigenvalue weighted by atomic mass is 35.5. The van der Waals surface area contributed by atoms with Crippen molar-refractivity contribution in [3.63, 3.8) is 0 Å². The summed E-state index contributed by atoms with van der Waals surface area (Å²) in [5, 5.41) is 1.89. The van der Waals surface area contributed by atoms with Gasteiger partial charge >= 0.3 is 0 Å². The SMILES string of the molecule is CC[C@@H]1CSC2=N[C@@H](c3ccccn3)[C@H](c3cccn3-c3cccc(Cl)c3)N21. The lowest BCUT2D eigenvalue weighted by Gasteiger charge is -2.32. The summed E-state index contributed by atoms with van der Waals surface area (Å²) < 4.78 is 2.24. The summed E-state index contributed by atoms with van der Waals surface area (Å²) in [7, 11) is 0. The minimum atomic E-state index is -0.00844. The molecule has 4 nitrogen and oxygen atoms in total. The van der Waals surface area contributed by atoms with Gasteiger partial charge in [0.1, 0.15) is 12.1 Å². The number of nitrogens with zero attached hydrogens (tertiary/aromatic N) is 4. The van der Waals surface area contributed by atoms with Gasteiger partial charge in [0.2, 0.25) is 0 Å². The number of thioether (sulfide) groups is 1. The maximum Gasteiger partial charge on any atom is 0.160 e. The number of fused-ring (bicyclic) bond motifs is 1. The highest BCUT2D eigenvalue weighted by Crippen LogP contribution is 2.48. The first-order valence-corrected chi connectivity index (χ1v) is 11.0. The van der Waals surface area contributed by atoms with Gasteiger partial charge in [-0.25, -0.2) is 0 Å². The fraction of sp³-hybridized carbons (Fsp3) is 0.273. The summed E-state index contributed by atoms with van der Waals surface area (Å²) in [6.07, 6.45) is 5.07. The van der Waals surface area contributed by atoms with Gasteiger partial charge < -0.3 is 9.47 Å². The van der Waals surface area contributed by atoms with Crippen molar-refractivity contribution >= 4 is 28.5 Å². The molecule has 0 radical (unpaired) electrons. The van der Waals surface area contributed by atoms with Crippen molar-refractivity contribution in [2.75, 3.05) is 5.75 Å². The summed E-state index contributed by atoms with van der Waals surface area (Å²) >= 11 is 8.14. The van der Waals surface area contributed by atoms with Gasteiger partial charge in [-0.15, -0.1) is 0 Å². The Bertz CT molecular complexity index is 1020. The summed E-state index contributed by atoms with van der Waals surface area (Å²) in [5.74, 6) is 1.10. The molecule has 2 aliphatic heterocycles. The number of halogens is 1. The molecular formula is C22H21ClN4S. The van der Waals surface area contributed by atoms with Crippen LogP contribution in [0.2, 0.25) is 5.02 Å². The van der Waals surface area contributed by atoms with Crippen LogP contribution < -0.4 is 0 Å². The minimum Gasteiger partial charge on any atom is -0.337 e. The number of rotatable bonds is 4. The van der Waals surface area contributed by atoms with E-state index in [1.807, 2.05) is 48.3 Å². The Labute approximate surface area is 174 Å². The van der Waals surface area contributed by atoms with Crippen LogP contribution in [0.15, 0.2) is 72.0 Å². The number of hydrogen-bond donors (Lipinski definition) is 0. The van der Waals surface area contributed by atoms with Crippen molar-refractivity contribution in [3.8, 4) is 5.69 Å². The third kappa shape index (κ3) is 2.93.